The standard InChI is InChI=1S/C21H27BrO5S/c1-14-18(22)12-21(28-14)27-13-16(23)10-8-15-9-11-19(24)17(15)6-4-2-3-5-7-20(25)26/h2,4,8,10,12,15,17,19,24H,3,5-7,9,11,13H2,1H3,(H,25,26)/t15-,17+,19?/m0/s1. The number of carbonyl (C=O) groups excluding carboxylic acids is 1. The Hall–Kier alpha value is -1.44. The maximum absolute atomic E-state index is 12.1. The molecule has 1 aromatic heterocycles. The molecule has 3 atom stereocenters. The van der Waals surface area contributed by atoms with Crippen LogP contribution in [0.25, 0.3) is 0 Å². The van der Waals surface area contributed by atoms with Gasteiger partial charge in [-0.2, -0.15) is 0 Å². The minimum absolute atomic E-state index is 0.00626. The van der Waals surface area contributed by atoms with Crippen LogP contribution in [0.2, 0.25) is 0 Å². The molecule has 5 nitrogen and oxygen atoms in total. The van der Waals surface area contributed by atoms with E-state index in [4.69, 9.17) is 9.84 Å². The molecule has 1 fully saturated rings. The topological polar surface area (TPSA) is 83.8 Å². The molecule has 0 aliphatic heterocycles. The van der Waals surface area contributed by atoms with Gasteiger partial charge in [0.15, 0.2) is 17.5 Å². The van der Waals surface area contributed by atoms with Crippen LogP contribution in [0.3, 0.4) is 0 Å². The number of halogens is 1. The molecular weight excluding hydrogens is 444 g/mol. The van der Waals surface area contributed by atoms with Gasteiger partial charge in [0.05, 0.1) is 6.10 Å². The molecule has 0 radical (unpaired) electrons. The van der Waals surface area contributed by atoms with Gasteiger partial charge >= 0.3 is 5.97 Å². The van der Waals surface area contributed by atoms with Gasteiger partial charge in [-0.3, -0.25) is 9.59 Å². The van der Waals surface area contributed by atoms with Crippen molar-refractivity contribution in [1.82, 2.24) is 0 Å². The number of thiophene rings is 1. The Labute approximate surface area is 178 Å². The van der Waals surface area contributed by atoms with Crippen LogP contribution >= 0.6 is 27.3 Å². The van der Waals surface area contributed by atoms with Crippen LogP contribution in [-0.4, -0.2) is 34.7 Å². The summed E-state index contributed by atoms with van der Waals surface area (Å²) in [6.45, 7) is 1.99. The summed E-state index contributed by atoms with van der Waals surface area (Å²) in [5.41, 5.74) is 0. The second kappa shape index (κ2) is 11.5. The average molecular weight is 471 g/mol. The van der Waals surface area contributed by atoms with E-state index in [1.165, 1.54) is 11.3 Å². The van der Waals surface area contributed by atoms with Crippen molar-refractivity contribution in [3.63, 3.8) is 0 Å². The number of aliphatic hydroxyl groups is 1. The molecule has 0 saturated heterocycles. The van der Waals surface area contributed by atoms with Crippen LogP contribution in [0.1, 0.15) is 43.4 Å². The van der Waals surface area contributed by atoms with Crippen LogP contribution in [0.5, 0.6) is 5.06 Å². The summed E-state index contributed by atoms with van der Waals surface area (Å²) >= 11 is 4.93. The van der Waals surface area contributed by atoms with E-state index in [0.29, 0.717) is 11.5 Å². The van der Waals surface area contributed by atoms with E-state index in [1.54, 1.807) is 6.08 Å². The first-order valence-corrected chi connectivity index (χ1v) is 11.1. The van der Waals surface area contributed by atoms with E-state index in [-0.39, 0.29) is 36.8 Å². The largest absolute Gasteiger partial charge is 0.481 e. The number of unbranched alkanes of at least 4 members (excludes halogenated alkanes) is 1. The van der Waals surface area contributed by atoms with Crippen molar-refractivity contribution in [3.8, 4) is 5.06 Å². The van der Waals surface area contributed by atoms with Crippen molar-refractivity contribution in [2.75, 3.05) is 6.61 Å². The normalized spacial score (nSPS) is 22.3. The summed E-state index contributed by atoms with van der Waals surface area (Å²) in [5.74, 6) is -0.607. The third kappa shape index (κ3) is 7.53. The molecule has 1 aliphatic rings. The number of rotatable bonds is 11. The monoisotopic (exact) mass is 470 g/mol. The zero-order valence-corrected chi connectivity index (χ0v) is 18.4. The highest BCUT2D eigenvalue weighted by molar-refractivity contribution is 9.10. The summed E-state index contributed by atoms with van der Waals surface area (Å²) in [6.07, 6.45) is 11.0. The first-order chi connectivity index (χ1) is 13.4. The summed E-state index contributed by atoms with van der Waals surface area (Å²) in [7, 11) is 0. The maximum Gasteiger partial charge on any atom is 0.303 e. The lowest BCUT2D eigenvalue weighted by Gasteiger charge is -2.17. The number of aryl methyl sites for hydroxylation is 1. The molecule has 0 bridgehead atoms. The van der Waals surface area contributed by atoms with Crippen molar-refractivity contribution >= 4 is 39.0 Å². The Balaban J connectivity index is 1.77. The van der Waals surface area contributed by atoms with Gasteiger partial charge in [0.2, 0.25) is 0 Å². The summed E-state index contributed by atoms with van der Waals surface area (Å²) in [4.78, 5) is 23.7. The molecular formula is C21H27BrO5S. The van der Waals surface area contributed by atoms with Gasteiger partial charge in [-0.05, 0) is 72.9 Å². The second-order valence-electron chi connectivity index (χ2n) is 7.05. The molecule has 0 spiro atoms. The SMILES string of the molecule is Cc1sc(OCC(=O)C=C[C@H]2CCC(O)[C@@H]2CC=CCCCC(=O)O)cc1Br. The highest BCUT2D eigenvalue weighted by Gasteiger charge is 2.32. The smallest absolute Gasteiger partial charge is 0.303 e. The van der Waals surface area contributed by atoms with Gasteiger partial charge in [0.25, 0.3) is 0 Å². The summed E-state index contributed by atoms with van der Waals surface area (Å²) in [6, 6.07) is 1.86. The third-order valence-corrected chi connectivity index (χ3v) is 6.95. The first kappa shape index (κ1) is 22.8. The lowest BCUT2D eigenvalue weighted by Crippen LogP contribution is -2.17. The number of carboxylic acids is 1. The van der Waals surface area contributed by atoms with Gasteiger partial charge in [-0.25, -0.2) is 0 Å². The van der Waals surface area contributed by atoms with Crippen LogP contribution in [0, 0.1) is 18.8 Å². The lowest BCUT2D eigenvalue weighted by atomic mass is 9.90. The molecule has 2 rings (SSSR count). The maximum atomic E-state index is 12.1. The first-order valence-electron chi connectivity index (χ1n) is 9.51. The van der Waals surface area contributed by atoms with Gasteiger partial charge in [0.1, 0.15) is 0 Å². The molecule has 154 valence electrons. The molecule has 1 aliphatic carbocycles. The minimum Gasteiger partial charge on any atom is -0.481 e. The number of ketones is 1. The third-order valence-electron chi connectivity index (χ3n) is 4.90. The number of allylic oxidation sites excluding steroid dienone is 3. The number of aliphatic carboxylic acids is 1. The number of carbonyl (C=O) groups is 2. The van der Waals surface area contributed by atoms with Crippen molar-refractivity contribution < 1.29 is 24.5 Å². The Morgan fingerprint density at radius 1 is 1.36 bits per heavy atom. The second-order valence-corrected chi connectivity index (χ2v) is 9.12. The van der Waals surface area contributed by atoms with Crippen LogP contribution < -0.4 is 4.74 Å². The molecule has 1 heterocycles. The fourth-order valence-electron chi connectivity index (χ4n) is 3.32. The predicted octanol–water partition coefficient (Wildman–Crippen LogP) is 4.91. The van der Waals surface area contributed by atoms with Crippen molar-refractivity contribution in [3.05, 3.63) is 39.7 Å². The number of hydrogen-bond donors (Lipinski definition) is 2. The molecule has 7 heteroatoms. The lowest BCUT2D eigenvalue weighted by molar-refractivity contribution is -0.137. The zero-order chi connectivity index (χ0) is 20.5. The van der Waals surface area contributed by atoms with Crippen molar-refractivity contribution in [1.29, 1.82) is 0 Å². The Morgan fingerprint density at radius 3 is 2.82 bits per heavy atom. The average Bonchev–Trinajstić information content (AvgIpc) is 3.16. The van der Waals surface area contributed by atoms with Gasteiger partial charge in [0, 0.05) is 21.8 Å². The molecule has 2 N–H and O–H groups in total. The van der Waals surface area contributed by atoms with Crippen LogP contribution in [0.15, 0.2) is 34.8 Å². The number of carboxylic acid groups (broad SMARTS) is 1. The number of aliphatic hydroxyl groups excluding tert-OH is 1. The highest BCUT2D eigenvalue weighted by Crippen LogP contribution is 2.36. The molecule has 1 aromatic rings. The molecule has 0 aromatic carbocycles. The van der Waals surface area contributed by atoms with E-state index in [9.17, 15) is 14.7 Å². The van der Waals surface area contributed by atoms with Gasteiger partial charge in [-0.1, -0.05) is 18.2 Å². The summed E-state index contributed by atoms with van der Waals surface area (Å²) in [5, 5.41) is 19.6. The van der Waals surface area contributed by atoms with Crippen LogP contribution in [-0.2, 0) is 9.59 Å². The Bertz CT molecular complexity index is 705. The Kier molecular flexibility index (Phi) is 9.41. The van der Waals surface area contributed by atoms with Gasteiger partial charge < -0.3 is 14.9 Å². The molecule has 28 heavy (non-hydrogen) atoms. The molecule has 0 amide bonds. The van der Waals surface area contributed by atoms with Gasteiger partial charge in [-0.15, -0.1) is 11.3 Å². The highest BCUT2D eigenvalue weighted by atomic mass is 79.9. The van der Waals surface area contributed by atoms with E-state index >= 15 is 0 Å². The van der Waals surface area contributed by atoms with E-state index < -0.39 is 5.97 Å². The fourth-order valence-corrected chi connectivity index (χ4v) is 4.67. The van der Waals surface area contributed by atoms with Crippen molar-refractivity contribution in [2.45, 2.75) is 51.6 Å². The fraction of sp³-hybridized carbons (Fsp3) is 0.524. The van der Waals surface area contributed by atoms with E-state index in [1.807, 2.05) is 31.2 Å². The quantitative estimate of drug-likeness (QED) is 0.272. The molecule has 1 unspecified atom stereocenters. The minimum atomic E-state index is -0.777. The van der Waals surface area contributed by atoms with E-state index in [2.05, 4.69) is 15.9 Å². The molecule has 1 saturated carbocycles. The van der Waals surface area contributed by atoms with E-state index in [0.717, 1.165) is 35.0 Å². The van der Waals surface area contributed by atoms with Crippen molar-refractivity contribution in [2.24, 2.45) is 11.8 Å². The zero-order valence-electron chi connectivity index (χ0n) is 16.0. The summed E-state index contributed by atoms with van der Waals surface area (Å²) < 4.78 is 6.52. The number of hydrogen-bond acceptors (Lipinski definition) is 5. The Morgan fingerprint density at radius 2 is 2.14 bits per heavy atom. The van der Waals surface area contributed by atoms with Crippen LogP contribution in [0.4, 0.5) is 0 Å². The number of ether oxygens (including phenoxy) is 1. The predicted molar refractivity (Wildman–Crippen MR) is 114 cm³/mol.